The Balaban J connectivity index is 1.48. The standard InChI is InChI=1S/C26H20Cl2N2O3S/c1-14-8-20-21(9-15(14)2)30-25(31)24(34-26(30)29-20)11-16-4-7-22(23(10-16)32-3)33-13-17-5-6-18(27)12-19(17)28/h4-12H,13H2,1-3H3/b24-11-. The molecule has 5 nitrogen and oxygen atoms in total. The number of methoxy groups -OCH3 is 1. The Labute approximate surface area is 209 Å². The molecule has 0 unspecified atom stereocenters. The first kappa shape index (κ1) is 22.7. The third kappa shape index (κ3) is 4.13. The molecule has 0 spiro atoms. The van der Waals surface area contributed by atoms with Crippen LogP contribution in [-0.2, 0) is 6.61 Å². The molecule has 0 atom stereocenters. The number of thiazole rings is 1. The maximum Gasteiger partial charge on any atom is 0.274 e. The normalized spacial score (nSPS) is 12.1. The molecule has 172 valence electrons. The predicted molar refractivity (Wildman–Crippen MR) is 139 cm³/mol. The highest BCUT2D eigenvalue weighted by Crippen LogP contribution is 2.30. The lowest BCUT2D eigenvalue weighted by Gasteiger charge is -2.12. The maximum absolute atomic E-state index is 13.2. The van der Waals surface area contributed by atoms with Crippen molar-refractivity contribution in [3.05, 3.63) is 95.7 Å². The smallest absolute Gasteiger partial charge is 0.274 e. The zero-order valence-electron chi connectivity index (χ0n) is 18.7. The van der Waals surface area contributed by atoms with Gasteiger partial charge >= 0.3 is 0 Å². The topological polar surface area (TPSA) is 52.8 Å². The first-order valence-electron chi connectivity index (χ1n) is 10.5. The summed E-state index contributed by atoms with van der Waals surface area (Å²) in [5.74, 6) is 1.13. The Bertz CT molecular complexity index is 1670. The van der Waals surface area contributed by atoms with E-state index in [2.05, 4.69) is 4.98 Å². The molecule has 0 N–H and O–H groups in total. The second-order valence-electron chi connectivity index (χ2n) is 8.01. The van der Waals surface area contributed by atoms with Crippen LogP contribution in [-0.4, -0.2) is 16.5 Å². The molecule has 0 aliphatic carbocycles. The third-order valence-electron chi connectivity index (χ3n) is 5.74. The van der Waals surface area contributed by atoms with Crippen LogP contribution in [0.3, 0.4) is 0 Å². The summed E-state index contributed by atoms with van der Waals surface area (Å²) in [4.78, 5) is 18.5. The van der Waals surface area contributed by atoms with E-state index in [0.717, 1.165) is 33.3 Å². The molecule has 0 fully saturated rings. The quantitative estimate of drug-likeness (QED) is 0.292. The Morgan fingerprint density at radius 1 is 1.03 bits per heavy atom. The Hall–Kier alpha value is -3.06. The monoisotopic (exact) mass is 510 g/mol. The molecule has 0 radical (unpaired) electrons. The van der Waals surface area contributed by atoms with Gasteiger partial charge in [0.2, 0.25) is 0 Å². The van der Waals surface area contributed by atoms with E-state index in [1.807, 2.05) is 56.3 Å². The Morgan fingerprint density at radius 3 is 2.59 bits per heavy atom. The van der Waals surface area contributed by atoms with Gasteiger partial charge < -0.3 is 9.47 Å². The highest BCUT2D eigenvalue weighted by atomic mass is 35.5. The number of halogens is 2. The van der Waals surface area contributed by atoms with E-state index in [-0.39, 0.29) is 12.2 Å². The average molecular weight is 511 g/mol. The Kier molecular flexibility index (Phi) is 5.98. The van der Waals surface area contributed by atoms with Crippen molar-refractivity contribution in [1.29, 1.82) is 0 Å². The van der Waals surface area contributed by atoms with Gasteiger partial charge in [-0.1, -0.05) is 46.7 Å². The fraction of sp³-hybridized carbons (Fsp3) is 0.154. The number of hydrogen-bond donors (Lipinski definition) is 0. The molecule has 3 aromatic carbocycles. The molecular weight excluding hydrogens is 491 g/mol. The van der Waals surface area contributed by atoms with Crippen molar-refractivity contribution in [2.75, 3.05) is 7.11 Å². The number of fused-ring (bicyclic) bond motifs is 3. The van der Waals surface area contributed by atoms with E-state index < -0.39 is 0 Å². The number of hydrogen-bond acceptors (Lipinski definition) is 5. The first-order valence-corrected chi connectivity index (χ1v) is 12.1. The molecule has 0 saturated heterocycles. The number of benzene rings is 3. The number of rotatable bonds is 5. The second kappa shape index (κ2) is 8.95. The lowest BCUT2D eigenvalue weighted by atomic mass is 10.1. The first-order chi connectivity index (χ1) is 16.3. The van der Waals surface area contributed by atoms with Crippen molar-refractivity contribution in [3.63, 3.8) is 0 Å². The summed E-state index contributed by atoms with van der Waals surface area (Å²) in [6.07, 6.45) is 1.84. The van der Waals surface area contributed by atoms with E-state index in [1.54, 1.807) is 23.6 Å². The summed E-state index contributed by atoms with van der Waals surface area (Å²) >= 11 is 13.6. The van der Waals surface area contributed by atoms with Gasteiger partial charge in [-0.2, -0.15) is 0 Å². The second-order valence-corrected chi connectivity index (χ2v) is 9.86. The molecule has 5 rings (SSSR count). The lowest BCUT2D eigenvalue weighted by molar-refractivity contribution is 0.284. The minimum atomic E-state index is -0.0811. The van der Waals surface area contributed by atoms with Gasteiger partial charge in [-0.05, 0) is 73.0 Å². The lowest BCUT2D eigenvalue weighted by Crippen LogP contribution is -2.22. The van der Waals surface area contributed by atoms with Gasteiger partial charge in [-0.25, -0.2) is 9.38 Å². The van der Waals surface area contributed by atoms with Crippen LogP contribution in [0.2, 0.25) is 10.0 Å². The highest BCUT2D eigenvalue weighted by Gasteiger charge is 2.13. The van der Waals surface area contributed by atoms with Gasteiger partial charge in [0.15, 0.2) is 16.5 Å². The van der Waals surface area contributed by atoms with Gasteiger partial charge in [-0.15, -0.1) is 0 Å². The van der Waals surface area contributed by atoms with E-state index >= 15 is 0 Å². The minimum absolute atomic E-state index is 0.0811. The molecule has 34 heavy (non-hydrogen) atoms. The van der Waals surface area contributed by atoms with Crippen molar-refractivity contribution in [2.24, 2.45) is 0 Å². The van der Waals surface area contributed by atoms with E-state index in [1.165, 1.54) is 11.3 Å². The molecule has 0 aliphatic heterocycles. The summed E-state index contributed by atoms with van der Waals surface area (Å²) in [7, 11) is 1.58. The number of aromatic nitrogens is 2. The number of ether oxygens (including phenoxy) is 2. The fourth-order valence-corrected chi connectivity index (χ4v) is 5.21. The van der Waals surface area contributed by atoms with Crippen LogP contribution in [0.5, 0.6) is 11.5 Å². The van der Waals surface area contributed by atoms with E-state index in [4.69, 9.17) is 32.7 Å². The van der Waals surface area contributed by atoms with Crippen LogP contribution in [0.15, 0.2) is 53.3 Å². The number of nitrogens with zero attached hydrogens (tertiary/aromatic N) is 2. The van der Waals surface area contributed by atoms with Gasteiger partial charge in [0.05, 0.1) is 22.7 Å². The predicted octanol–water partition coefficient (Wildman–Crippen LogP) is 5.97. The van der Waals surface area contributed by atoms with Crippen LogP contribution >= 0.6 is 34.5 Å². The summed E-state index contributed by atoms with van der Waals surface area (Å²) < 4.78 is 13.7. The summed E-state index contributed by atoms with van der Waals surface area (Å²) in [6.45, 7) is 4.35. The van der Waals surface area contributed by atoms with Gasteiger partial charge in [0, 0.05) is 15.6 Å². The number of aryl methyl sites for hydroxylation is 2. The minimum Gasteiger partial charge on any atom is -0.493 e. The molecule has 8 heteroatoms. The molecule has 2 aromatic heterocycles. The fourth-order valence-electron chi connectivity index (χ4n) is 3.76. The maximum atomic E-state index is 13.2. The largest absolute Gasteiger partial charge is 0.493 e. The summed E-state index contributed by atoms with van der Waals surface area (Å²) in [6, 6.07) is 14.9. The van der Waals surface area contributed by atoms with E-state index in [0.29, 0.717) is 31.0 Å². The molecule has 2 heterocycles. The van der Waals surface area contributed by atoms with Crippen LogP contribution in [0, 0.1) is 13.8 Å². The highest BCUT2D eigenvalue weighted by molar-refractivity contribution is 7.15. The zero-order valence-corrected chi connectivity index (χ0v) is 21.0. The van der Waals surface area contributed by atoms with Gasteiger partial charge in [0.1, 0.15) is 6.61 Å². The molecule has 0 aliphatic rings. The van der Waals surface area contributed by atoms with Crippen LogP contribution in [0.4, 0.5) is 0 Å². The van der Waals surface area contributed by atoms with Crippen molar-refractivity contribution < 1.29 is 9.47 Å². The zero-order chi connectivity index (χ0) is 24.0. The summed E-state index contributed by atoms with van der Waals surface area (Å²) in [5.41, 5.74) is 5.52. The van der Waals surface area contributed by atoms with Gasteiger partial charge in [0.25, 0.3) is 5.56 Å². The van der Waals surface area contributed by atoms with Crippen LogP contribution < -0.4 is 19.6 Å². The Morgan fingerprint density at radius 2 is 1.82 bits per heavy atom. The average Bonchev–Trinajstić information content (AvgIpc) is 3.29. The van der Waals surface area contributed by atoms with E-state index in [9.17, 15) is 4.79 Å². The summed E-state index contributed by atoms with van der Waals surface area (Å²) in [5, 5.41) is 1.11. The third-order valence-corrected chi connectivity index (χ3v) is 7.29. The molecular formula is C26H20Cl2N2O3S. The van der Waals surface area contributed by atoms with Crippen molar-refractivity contribution in [3.8, 4) is 11.5 Å². The van der Waals surface area contributed by atoms with Crippen molar-refractivity contribution in [1.82, 2.24) is 9.38 Å². The van der Waals surface area contributed by atoms with Crippen LogP contribution in [0.1, 0.15) is 22.3 Å². The number of imidazole rings is 1. The van der Waals surface area contributed by atoms with Crippen molar-refractivity contribution >= 4 is 56.6 Å². The molecule has 0 bridgehead atoms. The van der Waals surface area contributed by atoms with Crippen LogP contribution in [0.25, 0.3) is 22.1 Å². The van der Waals surface area contributed by atoms with Gasteiger partial charge in [-0.3, -0.25) is 4.79 Å². The molecule has 5 aromatic rings. The molecule has 0 amide bonds. The molecule has 0 saturated carbocycles. The van der Waals surface area contributed by atoms with Crippen molar-refractivity contribution in [2.45, 2.75) is 20.5 Å². The SMILES string of the molecule is COc1cc(/C=c2\sc3nc4cc(C)c(C)cc4n3c2=O)ccc1OCc1ccc(Cl)cc1Cl.